The van der Waals surface area contributed by atoms with Gasteiger partial charge in [-0.1, -0.05) is 53.5 Å². The Balaban J connectivity index is 1.46. The van der Waals surface area contributed by atoms with Crippen LogP contribution in [0.1, 0.15) is 15.9 Å². The Kier molecular flexibility index (Phi) is 10.3. The number of thioether (sulfide) groups is 1. The summed E-state index contributed by atoms with van der Waals surface area (Å²) in [6, 6.07) is 25.7. The van der Waals surface area contributed by atoms with Gasteiger partial charge in [0.05, 0.1) is 10.7 Å². The van der Waals surface area contributed by atoms with Crippen LogP contribution in [0.5, 0.6) is 0 Å². The van der Waals surface area contributed by atoms with Crippen molar-refractivity contribution >= 4 is 75.8 Å². The molecule has 0 aromatic heterocycles. The minimum atomic E-state index is -0.617. The lowest BCUT2D eigenvalue weighted by molar-refractivity contribution is -0.384. The topological polar surface area (TPSA) is 130 Å². The Morgan fingerprint density at radius 3 is 2.14 bits per heavy atom. The fourth-order valence-electron chi connectivity index (χ4n) is 3.61. The van der Waals surface area contributed by atoms with Gasteiger partial charge in [0.2, 0.25) is 5.91 Å². The van der Waals surface area contributed by atoms with Crippen LogP contribution in [0, 0.1) is 10.1 Å². The van der Waals surface area contributed by atoms with Gasteiger partial charge in [-0.25, -0.2) is 0 Å². The highest BCUT2D eigenvalue weighted by Crippen LogP contribution is 2.27. The molecule has 0 saturated heterocycles. The highest BCUT2D eigenvalue weighted by Gasteiger charge is 2.17. The predicted molar refractivity (Wildman–Crippen MR) is 166 cm³/mol. The number of nitrogens with zero attached hydrogens (tertiary/aromatic N) is 1. The Morgan fingerprint density at radius 1 is 0.810 bits per heavy atom. The first-order valence-electron chi connectivity index (χ1n) is 12.3. The molecule has 9 nitrogen and oxygen atoms in total. The van der Waals surface area contributed by atoms with Gasteiger partial charge in [0.25, 0.3) is 17.5 Å². The van der Waals surface area contributed by atoms with Crippen molar-refractivity contribution in [3.63, 3.8) is 0 Å². The van der Waals surface area contributed by atoms with Gasteiger partial charge in [0, 0.05) is 49.6 Å². The van der Waals surface area contributed by atoms with Crippen LogP contribution in [0.3, 0.4) is 0 Å². The van der Waals surface area contributed by atoms with Gasteiger partial charge in [0.1, 0.15) is 5.70 Å². The number of rotatable bonds is 10. The van der Waals surface area contributed by atoms with E-state index in [2.05, 4.69) is 16.0 Å². The number of benzene rings is 4. The summed E-state index contributed by atoms with van der Waals surface area (Å²) in [7, 11) is 0. The third-order valence-electron chi connectivity index (χ3n) is 5.64. The maximum absolute atomic E-state index is 13.4. The maximum Gasteiger partial charge on any atom is 0.272 e. The zero-order chi connectivity index (χ0) is 30.1. The molecular weight excluding hydrogens is 599 g/mol. The molecule has 0 saturated carbocycles. The molecule has 0 heterocycles. The summed E-state index contributed by atoms with van der Waals surface area (Å²) in [5.74, 6) is -1.37. The Labute approximate surface area is 255 Å². The maximum atomic E-state index is 13.4. The van der Waals surface area contributed by atoms with E-state index in [0.29, 0.717) is 37.4 Å². The number of carbonyl (C=O) groups is 3. The molecule has 0 aliphatic carbocycles. The minimum absolute atomic E-state index is 0.0533. The van der Waals surface area contributed by atoms with Gasteiger partial charge < -0.3 is 16.0 Å². The first-order chi connectivity index (χ1) is 20.2. The van der Waals surface area contributed by atoms with Gasteiger partial charge in [-0.05, 0) is 60.7 Å². The smallest absolute Gasteiger partial charge is 0.272 e. The number of nitrogens with one attached hydrogen (secondary N) is 3. The van der Waals surface area contributed by atoms with Crippen LogP contribution in [0.4, 0.5) is 17.1 Å². The molecule has 4 aromatic carbocycles. The normalized spacial score (nSPS) is 11.0. The third kappa shape index (κ3) is 8.43. The second kappa shape index (κ2) is 14.3. The SMILES string of the molecule is O=C(CSc1cccc(NC(=O)/C(=C\c2c(Cl)cccc2Cl)NC(=O)c2ccccc2)c1)Nc1ccc([N+](=O)[O-])cc1. The molecule has 12 heteroatoms. The number of nitro benzene ring substituents is 1. The van der Waals surface area contributed by atoms with Crippen molar-refractivity contribution in [3.8, 4) is 0 Å². The van der Waals surface area contributed by atoms with E-state index in [4.69, 9.17) is 23.2 Å². The molecule has 0 spiro atoms. The Bertz CT molecular complexity index is 1640. The number of amides is 3. The fourth-order valence-corrected chi connectivity index (χ4v) is 4.87. The molecule has 0 fully saturated rings. The van der Waals surface area contributed by atoms with E-state index < -0.39 is 16.7 Å². The number of nitro groups is 1. The average Bonchev–Trinajstić information content (AvgIpc) is 2.98. The Morgan fingerprint density at radius 2 is 1.48 bits per heavy atom. The summed E-state index contributed by atoms with van der Waals surface area (Å²) >= 11 is 13.8. The number of hydrogen-bond acceptors (Lipinski definition) is 6. The predicted octanol–water partition coefficient (Wildman–Crippen LogP) is 7.04. The van der Waals surface area contributed by atoms with E-state index in [1.54, 1.807) is 72.8 Å². The van der Waals surface area contributed by atoms with Crippen LogP contribution < -0.4 is 16.0 Å². The third-order valence-corrected chi connectivity index (χ3v) is 7.29. The zero-order valence-electron chi connectivity index (χ0n) is 21.7. The molecule has 3 amide bonds. The van der Waals surface area contributed by atoms with Crippen LogP contribution in [0.2, 0.25) is 10.0 Å². The van der Waals surface area contributed by atoms with E-state index in [-0.39, 0.29) is 23.0 Å². The summed E-state index contributed by atoms with van der Waals surface area (Å²) in [5.41, 5.74) is 1.41. The lowest BCUT2D eigenvalue weighted by atomic mass is 10.1. The number of non-ortho nitro benzene ring substituents is 1. The summed E-state index contributed by atoms with van der Waals surface area (Å²) in [6.07, 6.45) is 1.40. The first kappa shape index (κ1) is 30.3. The van der Waals surface area contributed by atoms with Gasteiger partial charge in [-0.15, -0.1) is 11.8 Å². The standard InChI is InChI=1S/C30H22Cl2N4O5S/c31-25-10-5-11-26(32)24(25)17-27(35-29(38)19-6-2-1-3-7-19)30(39)34-21-8-4-9-23(16-21)42-18-28(37)33-20-12-14-22(15-13-20)36(40)41/h1-17H,18H2,(H,33,37)(H,34,39)(H,35,38)/b27-17+. The highest BCUT2D eigenvalue weighted by molar-refractivity contribution is 8.00. The number of carbonyl (C=O) groups excluding carboxylic acids is 3. The largest absolute Gasteiger partial charge is 0.325 e. The summed E-state index contributed by atoms with van der Waals surface area (Å²) in [4.78, 5) is 49.6. The fraction of sp³-hybridized carbons (Fsp3) is 0.0333. The molecule has 0 unspecified atom stereocenters. The van der Waals surface area contributed by atoms with Crippen molar-refractivity contribution in [2.75, 3.05) is 16.4 Å². The zero-order valence-corrected chi connectivity index (χ0v) is 24.0. The molecule has 4 aromatic rings. The molecule has 42 heavy (non-hydrogen) atoms. The molecule has 0 aliphatic rings. The molecule has 0 atom stereocenters. The first-order valence-corrected chi connectivity index (χ1v) is 14.0. The van der Waals surface area contributed by atoms with Crippen LogP contribution in [0.15, 0.2) is 108 Å². The summed E-state index contributed by atoms with van der Waals surface area (Å²) < 4.78 is 0. The number of anilines is 2. The molecule has 212 valence electrons. The van der Waals surface area contributed by atoms with Gasteiger partial charge >= 0.3 is 0 Å². The lowest BCUT2D eigenvalue weighted by Gasteiger charge is -2.13. The van der Waals surface area contributed by atoms with Crippen molar-refractivity contribution in [1.29, 1.82) is 0 Å². The van der Waals surface area contributed by atoms with Crippen LogP contribution in [0.25, 0.3) is 6.08 Å². The number of hydrogen-bond donors (Lipinski definition) is 3. The van der Waals surface area contributed by atoms with Crippen LogP contribution >= 0.6 is 35.0 Å². The Hall–Kier alpha value is -4.64. The van der Waals surface area contributed by atoms with Crippen molar-refractivity contribution in [1.82, 2.24) is 5.32 Å². The van der Waals surface area contributed by atoms with Gasteiger partial charge in [-0.2, -0.15) is 0 Å². The summed E-state index contributed by atoms with van der Waals surface area (Å²) in [6.45, 7) is 0. The number of halogens is 2. The van der Waals surface area contributed by atoms with Crippen LogP contribution in [-0.2, 0) is 9.59 Å². The van der Waals surface area contributed by atoms with E-state index in [9.17, 15) is 24.5 Å². The van der Waals surface area contributed by atoms with E-state index in [1.165, 1.54) is 42.1 Å². The van der Waals surface area contributed by atoms with Crippen LogP contribution in [-0.4, -0.2) is 28.4 Å². The van der Waals surface area contributed by atoms with Crippen molar-refractivity contribution in [2.24, 2.45) is 0 Å². The molecule has 0 radical (unpaired) electrons. The second-order valence-electron chi connectivity index (χ2n) is 8.64. The molecule has 0 bridgehead atoms. The quantitative estimate of drug-likeness (QED) is 0.0754. The van der Waals surface area contributed by atoms with Gasteiger partial charge in [-0.3, -0.25) is 24.5 Å². The second-order valence-corrected chi connectivity index (χ2v) is 10.5. The summed E-state index contributed by atoms with van der Waals surface area (Å²) in [5, 5.41) is 19.5. The molecule has 4 rings (SSSR count). The monoisotopic (exact) mass is 620 g/mol. The van der Waals surface area contributed by atoms with E-state index in [1.807, 2.05) is 0 Å². The highest BCUT2D eigenvalue weighted by atomic mass is 35.5. The lowest BCUT2D eigenvalue weighted by Crippen LogP contribution is -2.30. The van der Waals surface area contributed by atoms with Crippen molar-refractivity contribution in [3.05, 3.63) is 134 Å². The minimum Gasteiger partial charge on any atom is -0.325 e. The molecule has 3 N–H and O–H groups in total. The van der Waals surface area contributed by atoms with Gasteiger partial charge in [0.15, 0.2) is 0 Å². The van der Waals surface area contributed by atoms with Crippen molar-refractivity contribution < 1.29 is 19.3 Å². The molecular formula is C30H22Cl2N4O5S. The average molecular weight is 622 g/mol. The van der Waals surface area contributed by atoms with E-state index in [0.717, 1.165) is 0 Å². The van der Waals surface area contributed by atoms with E-state index >= 15 is 0 Å². The molecule has 0 aliphatic heterocycles. The van der Waals surface area contributed by atoms with Crippen molar-refractivity contribution in [2.45, 2.75) is 4.90 Å².